The van der Waals surface area contributed by atoms with Crippen LogP contribution in [0.15, 0.2) is 0 Å². The first-order valence-electron chi connectivity index (χ1n) is 7.12. The summed E-state index contributed by atoms with van der Waals surface area (Å²) < 4.78 is 0. The third-order valence-corrected chi connectivity index (χ3v) is 4.26. The van der Waals surface area contributed by atoms with E-state index >= 15 is 0 Å². The SMILES string of the molecule is CCC1CCCCCN1CCC(C)CCS. The van der Waals surface area contributed by atoms with E-state index < -0.39 is 0 Å². The van der Waals surface area contributed by atoms with Gasteiger partial charge in [-0.15, -0.1) is 0 Å². The van der Waals surface area contributed by atoms with Gasteiger partial charge < -0.3 is 4.90 Å². The Morgan fingerprint density at radius 1 is 1.25 bits per heavy atom. The van der Waals surface area contributed by atoms with Crippen LogP contribution >= 0.6 is 12.6 Å². The Kier molecular flexibility index (Phi) is 7.55. The van der Waals surface area contributed by atoms with Gasteiger partial charge in [-0.2, -0.15) is 12.6 Å². The summed E-state index contributed by atoms with van der Waals surface area (Å²) in [6.07, 6.45) is 9.70. The average Bonchev–Trinajstić information content (AvgIpc) is 2.51. The highest BCUT2D eigenvalue weighted by atomic mass is 32.1. The molecule has 1 fully saturated rings. The molecule has 0 N–H and O–H groups in total. The molecule has 96 valence electrons. The number of likely N-dealkylation sites (tertiary alicyclic amines) is 1. The summed E-state index contributed by atoms with van der Waals surface area (Å²) in [5, 5.41) is 0. The molecule has 1 aliphatic heterocycles. The van der Waals surface area contributed by atoms with E-state index in [1.54, 1.807) is 0 Å². The van der Waals surface area contributed by atoms with Crippen molar-refractivity contribution in [1.29, 1.82) is 0 Å². The van der Waals surface area contributed by atoms with Crippen LogP contribution in [0.5, 0.6) is 0 Å². The van der Waals surface area contributed by atoms with Gasteiger partial charge in [-0.3, -0.25) is 0 Å². The topological polar surface area (TPSA) is 3.24 Å². The minimum Gasteiger partial charge on any atom is -0.300 e. The zero-order valence-electron chi connectivity index (χ0n) is 11.1. The first-order chi connectivity index (χ1) is 7.77. The van der Waals surface area contributed by atoms with Gasteiger partial charge in [-0.25, -0.2) is 0 Å². The lowest BCUT2D eigenvalue weighted by atomic mass is 10.0. The lowest BCUT2D eigenvalue weighted by molar-refractivity contribution is 0.182. The molecule has 0 radical (unpaired) electrons. The normalized spacial score (nSPS) is 25.3. The van der Waals surface area contributed by atoms with Crippen LogP contribution in [0.2, 0.25) is 0 Å². The molecule has 1 nitrogen and oxygen atoms in total. The smallest absolute Gasteiger partial charge is 0.00926 e. The van der Waals surface area contributed by atoms with Crippen molar-refractivity contribution in [2.24, 2.45) is 5.92 Å². The van der Waals surface area contributed by atoms with Gasteiger partial charge in [-0.05, 0) is 56.9 Å². The number of rotatable bonds is 6. The molecular weight excluding hydrogens is 214 g/mol. The molecule has 0 aromatic rings. The molecule has 2 heteroatoms. The summed E-state index contributed by atoms with van der Waals surface area (Å²) >= 11 is 4.32. The summed E-state index contributed by atoms with van der Waals surface area (Å²) in [4.78, 5) is 2.75. The van der Waals surface area contributed by atoms with E-state index in [2.05, 4.69) is 31.4 Å². The second kappa shape index (κ2) is 8.41. The van der Waals surface area contributed by atoms with Crippen molar-refractivity contribution in [3.05, 3.63) is 0 Å². The maximum atomic E-state index is 4.32. The number of hydrogen-bond acceptors (Lipinski definition) is 2. The Hall–Kier alpha value is 0.310. The molecule has 0 bridgehead atoms. The third-order valence-electron chi connectivity index (χ3n) is 4.00. The predicted octanol–water partition coefficient (Wildman–Crippen LogP) is 3.99. The highest BCUT2D eigenvalue weighted by molar-refractivity contribution is 7.80. The predicted molar refractivity (Wildman–Crippen MR) is 76.4 cm³/mol. The fourth-order valence-electron chi connectivity index (χ4n) is 2.74. The standard InChI is InChI=1S/C14H29NS/c1-3-14-7-5-4-6-10-15(14)11-8-13(2)9-12-16/h13-14,16H,3-12H2,1-2H3. The summed E-state index contributed by atoms with van der Waals surface area (Å²) in [6, 6.07) is 0.866. The Morgan fingerprint density at radius 2 is 2.06 bits per heavy atom. The molecular formula is C14H29NS. The molecule has 2 atom stereocenters. The quantitative estimate of drug-likeness (QED) is 0.690. The van der Waals surface area contributed by atoms with Gasteiger partial charge in [0, 0.05) is 6.04 Å². The second-order valence-electron chi connectivity index (χ2n) is 5.35. The maximum Gasteiger partial charge on any atom is 0.00926 e. The molecule has 1 aliphatic rings. The summed E-state index contributed by atoms with van der Waals surface area (Å²) in [7, 11) is 0. The largest absolute Gasteiger partial charge is 0.300 e. The summed E-state index contributed by atoms with van der Waals surface area (Å²) in [5.41, 5.74) is 0. The van der Waals surface area contributed by atoms with Gasteiger partial charge in [0.2, 0.25) is 0 Å². The lowest BCUT2D eigenvalue weighted by Gasteiger charge is -2.30. The number of hydrogen-bond donors (Lipinski definition) is 1. The van der Waals surface area contributed by atoms with E-state index in [0.717, 1.165) is 17.7 Å². The second-order valence-corrected chi connectivity index (χ2v) is 5.80. The van der Waals surface area contributed by atoms with Crippen LogP contribution in [0.1, 0.15) is 58.8 Å². The van der Waals surface area contributed by atoms with E-state index in [9.17, 15) is 0 Å². The van der Waals surface area contributed by atoms with Crippen molar-refractivity contribution in [2.45, 2.75) is 64.8 Å². The third kappa shape index (κ3) is 5.09. The molecule has 1 heterocycles. The zero-order chi connectivity index (χ0) is 11.8. The van der Waals surface area contributed by atoms with Gasteiger partial charge in [0.05, 0.1) is 0 Å². The van der Waals surface area contributed by atoms with Gasteiger partial charge in [0.1, 0.15) is 0 Å². The van der Waals surface area contributed by atoms with E-state index in [0.29, 0.717) is 0 Å². The first kappa shape index (κ1) is 14.4. The summed E-state index contributed by atoms with van der Waals surface area (Å²) in [6.45, 7) is 7.37. The minimum atomic E-state index is 0.846. The van der Waals surface area contributed by atoms with E-state index in [-0.39, 0.29) is 0 Å². The Bertz CT molecular complexity index is 172. The molecule has 0 spiro atoms. The van der Waals surface area contributed by atoms with E-state index in [1.165, 1.54) is 58.0 Å². The molecule has 2 unspecified atom stereocenters. The highest BCUT2D eigenvalue weighted by Gasteiger charge is 2.19. The molecule has 0 aromatic heterocycles. The molecule has 0 saturated carbocycles. The zero-order valence-corrected chi connectivity index (χ0v) is 12.0. The van der Waals surface area contributed by atoms with Crippen LogP contribution in [0, 0.1) is 5.92 Å². The number of nitrogens with zero attached hydrogens (tertiary/aromatic N) is 1. The molecule has 0 aliphatic carbocycles. The van der Waals surface area contributed by atoms with Crippen molar-refractivity contribution < 1.29 is 0 Å². The molecule has 1 saturated heterocycles. The van der Waals surface area contributed by atoms with Crippen LogP contribution in [-0.2, 0) is 0 Å². The average molecular weight is 243 g/mol. The molecule has 0 aromatic carbocycles. The number of thiol groups is 1. The van der Waals surface area contributed by atoms with Gasteiger partial charge in [-0.1, -0.05) is 26.7 Å². The fourth-order valence-corrected chi connectivity index (χ4v) is 3.19. The lowest BCUT2D eigenvalue weighted by Crippen LogP contribution is -2.35. The van der Waals surface area contributed by atoms with Crippen LogP contribution in [0.4, 0.5) is 0 Å². The van der Waals surface area contributed by atoms with Gasteiger partial charge in [0.15, 0.2) is 0 Å². The van der Waals surface area contributed by atoms with E-state index in [4.69, 9.17) is 0 Å². The maximum absolute atomic E-state index is 4.32. The van der Waals surface area contributed by atoms with Crippen molar-refractivity contribution in [2.75, 3.05) is 18.8 Å². The van der Waals surface area contributed by atoms with Gasteiger partial charge in [0.25, 0.3) is 0 Å². The first-order valence-corrected chi connectivity index (χ1v) is 7.76. The molecule has 16 heavy (non-hydrogen) atoms. The van der Waals surface area contributed by atoms with Crippen molar-refractivity contribution >= 4 is 12.6 Å². The van der Waals surface area contributed by atoms with Crippen molar-refractivity contribution in [1.82, 2.24) is 4.90 Å². The van der Waals surface area contributed by atoms with Crippen molar-refractivity contribution in [3.8, 4) is 0 Å². The van der Waals surface area contributed by atoms with Crippen molar-refractivity contribution in [3.63, 3.8) is 0 Å². The molecule has 1 rings (SSSR count). The monoisotopic (exact) mass is 243 g/mol. The van der Waals surface area contributed by atoms with Crippen LogP contribution in [-0.4, -0.2) is 29.8 Å². The Balaban J connectivity index is 2.30. The highest BCUT2D eigenvalue weighted by Crippen LogP contribution is 2.20. The molecule has 0 amide bonds. The van der Waals surface area contributed by atoms with Crippen LogP contribution in [0.25, 0.3) is 0 Å². The fraction of sp³-hybridized carbons (Fsp3) is 1.00. The minimum absolute atomic E-state index is 0.846. The van der Waals surface area contributed by atoms with Crippen LogP contribution in [0.3, 0.4) is 0 Å². The van der Waals surface area contributed by atoms with Gasteiger partial charge >= 0.3 is 0 Å². The Morgan fingerprint density at radius 3 is 2.75 bits per heavy atom. The summed E-state index contributed by atoms with van der Waals surface area (Å²) in [5.74, 6) is 1.89. The van der Waals surface area contributed by atoms with Crippen LogP contribution < -0.4 is 0 Å². The van der Waals surface area contributed by atoms with E-state index in [1.807, 2.05) is 0 Å². The Labute approximate surface area is 107 Å².